The number of halogens is 2. The summed E-state index contributed by atoms with van der Waals surface area (Å²) < 4.78 is 13.2. The Morgan fingerprint density at radius 1 is 1.37 bits per heavy atom. The average molecular weight is 363 g/mol. The van der Waals surface area contributed by atoms with Crippen LogP contribution in [0.4, 0.5) is 0 Å². The number of nitrogens with zero attached hydrogens (tertiary/aromatic N) is 1. The molecule has 7 heteroatoms. The lowest BCUT2D eigenvalue weighted by Crippen LogP contribution is -2.30. The van der Waals surface area contributed by atoms with Crippen molar-refractivity contribution in [1.29, 1.82) is 0 Å². The minimum Gasteiger partial charge on any atom is -0.606 e. The Morgan fingerprint density at radius 2 is 2.00 bits per heavy atom. The summed E-state index contributed by atoms with van der Waals surface area (Å²) in [5.41, 5.74) is 0. The van der Waals surface area contributed by atoms with Crippen molar-refractivity contribution < 1.29 is 9.48 Å². The molecule has 2 rings (SSSR count). The fourth-order valence-corrected chi connectivity index (χ4v) is 3.04. The van der Waals surface area contributed by atoms with Crippen LogP contribution in [0.1, 0.15) is 6.42 Å². The van der Waals surface area contributed by atoms with E-state index in [1.165, 1.54) is 12.2 Å². The zero-order chi connectivity index (χ0) is 14.0. The van der Waals surface area contributed by atoms with Crippen molar-refractivity contribution in [3.63, 3.8) is 0 Å². The fraction of sp³-hybridized carbons (Fsp3) is 0.167. The summed E-state index contributed by atoms with van der Waals surface area (Å²) in [5, 5.41) is 10.8. The summed E-state index contributed by atoms with van der Waals surface area (Å²) in [6.45, 7) is 0. The van der Waals surface area contributed by atoms with Crippen LogP contribution >= 0.6 is 27.5 Å². The highest BCUT2D eigenvalue weighted by Crippen LogP contribution is 2.32. The minimum atomic E-state index is -1.62. The van der Waals surface area contributed by atoms with Crippen molar-refractivity contribution in [2.75, 3.05) is 0 Å². The van der Waals surface area contributed by atoms with Gasteiger partial charge in [-0.05, 0) is 48.0 Å². The molecule has 1 aliphatic carbocycles. The molecule has 2 atom stereocenters. The van der Waals surface area contributed by atoms with Gasteiger partial charge in [0.2, 0.25) is 0 Å². The summed E-state index contributed by atoms with van der Waals surface area (Å²) in [4.78, 5) is 9.77. The highest BCUT2D eigenvalue weighted by atomic mass is 79.9. The highest BCUT2D eigenvalue weighted by Gasteiger charge is 2.39. The van der Waals surface area contributed by atoms with Crippen LogP contribution in [0.3, 0.4) is 0 Å². The Hall–Kier alpha value is -0.820. The molecule has 0 saturated carbocycles. The molecule has 4 nitrogen and oxygen atoms in total. The number of alkyl halides is 1. The van der Waals surface area contributed by atoms with E-state index in [0.29, 0.717) is 9.80 Å². The van der Waals surface area contributed by atoms with Gasteiger partial charge in [-0.3, -0.25) is 10.1 Å². The Morgan fingerprint density at radius 3 is 2.47 bits per heavy atom. The smallest absolute Gasteiger partial charge is 0.317 e. The number of benzene rings is 1. The first-order chi connectivity index (χ1) is 8.92. The third kappa shape index (κ3) is 3.20. The molecule has 0 bridgehead atoms. The van der Waals surface area contributed by atoms with Gasteiger partial charge in [0, 0.05) is 26.6 Å². The number of hydrogen-bond donors (Lipinski definition) is 0. The van der Waals surface area contributed by atoms with E-state index in [9.17, 15) is 14.7 Å². The average Bonchev–Trinajstić information content (AvgIpc) is 2.39. The molecule has 100 valence electrons. The maximum atomic E-state index is 12.3. The molecule has 0 N–H and O–H groups in total. The summed E-state index contributed by atoms with van der Waals surface area (Å²) in [7, 11) is 0. The predicted molar refractivity (Wildman–Crippen MR) is 78.0 cm³/mol. The molecule has 0 aromatic heterocycles. The van der Waals surface area contributed by atoms with Gasteiger partial charge in [0.1, 0.15) is 0 Å². The van der Waals surface area contributed by atoms with E-state index < -0.39 is 21.1 Å². The first-order valence-corrected chi connectivity index (χ1v) is 7.64. The molecule has 0 heterocycles. The van der Waals surface area contributed by atoms with E-state index in [2.05, 4.69) is 15.9 Å². The van der Waals surface area contributed by atoms with E-state index in [0.717, 1.165) is 4.47 Å². The van der Waals surface area contributed by atoms with Crippen molar-refractivity contribution in [2.45, 2.75) is 16.3 Å². The lowest BCUT2D eigenvalue weighted by Gasteiger charge is -2.18. The normalized spacial score (nSPS) is 23.8. The van der Waals surface area contributed by atoms with Crippen LogP contribution in [0.25, 0.3) is 0 Å². The fourth-order valence-electron chi connectivity index (χ4n) is 1.56. The Labute approximate surface area is 126 Å². The maximum Gasteiger partial charge on any atom is 0.317 e. The third-order valence-corrected chi connectivity index (χ3v) is 5.02. The van der Waals surface area contributed by atoms with E-state index >= 15 is 0 Å². The molecule has 19 heavy (non-hydrogen) atoms. The predicted octanol–water partition coefficient (Wildman–Crippen LogP) is 3.61. The van der Waals surface area contributed by atoms with Gasteiger partial charge in [0.25, 0.3) is 0 Å². The zero-order valence-electron chi connectivity index (χ0n) is 9.58. The molecule has 0 spiro atoms. The Bertz CT molecular complexity index is 561. The topological polar surface area (TPSA) is 66.2 Å². The second-order valence-electron chi connectivity index (χ2n) is 3.94. The Kier molecular flexibility index (Phi) is 4.35. The van der Waals surface area contributed by atoms with Gasteiger partial charge in [-0.1, -0.05) is 15.9 Å². The second-order valence-corrected chi connectivity index (χ2v) is 6.99. The monoisotopic (exact) mass is 361 g/mol. The quantitative estimate of drug-likeness (QED) is 0.271. The minimum absolute atomic E-state index is 0.0235. The lowest BCUT2D eigenvalue weighted by molar-refractivity contribution is -0.527. The Balaban J connectivity index is 2.17. The van der Waals surface area contributed by atoms with E-state index in [4.69, 9.17) is 11.6 Å². The van der Waals surface area contributed by atoms with Crippen LogP contribution in [0.15, 0.2) is 56.8 Å². The van der Waals surface area contributed by atoms with Crippen molar-refractivity contribution >= 4 is 38.7 Å². The molecule has 0 radical (unpaired) electrons. The highest BCUT2D eigenvalue weighted by molar-refractivity contribution is 9.10. The van der Waals surface area contributed by atoms with E-state index in [1.807, 2.05) is 0 Å². The number of hydrogen-bond acceptors (Lipinski definition) is 3. The molecule has 0 aliphatic heterocycles. The molecular weight excluding hydrogens is 354 g/mol. The molecule has 2 unspecified atom stereocenters. The number of allylic oxidation sites excluding steroid dienone is 1. The maximum absolute atomic E-state index is 12.3. The summed E-state index contributed by atoms with van der Waals surface area (Å²) in [5.74, 6) is 0. The van der Waals surface area contributed by atoms with Crippen LogP contribution < -0.4 is 0 Å². The van der Waals surface area contributed by atoms with Gasteiger partial charge in [0.05, 0.1) is 6.42 Å². The molecular formula is C12H9BrClNO3S. The summed E-state index contributed by atoms with van der Waals surface area (Å²) >= 11 is 7.76. The molecule has 1 aromatic rings. The van der Waals surface area contributed by atoms with Crippen molar-refractivity contribution in [1.82, 2.24) is 0 Å². The van der Waals surface area contributed by atoms with Crippen molar-refractivity contribution in [3.05, 3.63) is 62.0 Å². The van der Waals surface area contributed by atoms with Crippen LogP contribution in [0.5, 0.6) is 0 Å². The first kappa shape index (κ1) is 14.6. The molecule has 1 aromatic carbocycles. The second kappa shape index (κ2) is 5.66. The zero-order valence-corrected chi connectivity index (χ0v) is 12.7. The van der Waals surface area contributed by atoms with E-state index in [1.54, 1.807) is 30.3 Å². The third-order valence-electron chi connectivity index (χ3n) is 2.64. The van der Waals surface area contributed by atoms with Crippen LogP contribution in [0.2, 0.25) is 0 Å². The molecule has 0 saturated heterocycles. The van der Waals surface area contributed by atoms with Crippen LogP contribution in [0, 0.1) is 10.1 Å². The van der Waals surface area contributed by atoms with Crippen molar-refractivity contribution in [3.8, 4) is 0 Å². The SMILES string of the molecule is O=[N+]([O-])C1(Cl)C=CC([S+]([O-])c2ccc(Br)cc2)=CC1. The number of nitro groups is 1. The van der Waals surface area contributed by atoms with Gasteiger partial charge in [-0.15, -0.1) is 0 Å². The van der Waals surface area contributed by atoms with Crippen LogP contribution in [-0.2, 0) is 11.2 Å². The first-order valence-electron chi connectivity index (χ1n) is 5.32. The van der Waals surface area contributed by atoms with Crippen LogP contribution in [-0.4, -0.2) is 14.5 Å². The van der Waals surface area contributed by atoms with Gasteiger partial charge in [0.15, 0.2) is 9.80 Å². The number of rotatable bonds is 3. The van der Waals surface area contributed by atoms with Gasteiger partial charge in [-0.25, -0.2) is 0 Å². The summed E-state index contributed by atoms with van der Waals surface area (Å²) in [6, 6.07) is 7.07. The van der Waals surface area contributed by atoms with Gasteiger partial charge < -0.3 is 4.55 Å². The lowest BCUT2D eigenvalue weighted by atomic mass is 10.1. The molecule has 1 aliphatic rings. The molecule has 0 fully saturated rings. The summed E-state index contributed by atoms with van der Waals surface area (Å²) in [6.07, 6.45) is 4.31. The van der Waals surface area contributed by atoms with Gasteiger partial charge in [-0.2, -0.15) is 0 Å². The largest absolute Gasteiger partial charge is 0.606 e. The van der Waals surface area contributed by atoms with Gasteiger partial charge >= 0.3 is 5.00 Å². The van der Waals surface area contributed by atoms with E-state index in [-0.39, 0.29) is 6.42 Å². The van der Waals surface area contributed by atoms with Crippen molar-refractivity contribution in [2.24, 2.45) is 0 Å². The molecule has 0 amide bonds. The standard InChI is InChI=1S/C12H9BrClNO3S/c13-9-1-3-10(4-2-9)19(18)11-5-7-12(14,8-6-11)15(16)17/h1-7H,8H2.